The topological polar surface area (TPSA) is 38.7 Å². The fraction of sp³-hybridized carbons (Fsp3) is 0.647. The summed E-state index contributed by atoms with van der Waals surface area (Å²) in [5.74, 6) is 0.866. The first kappa shape index (κ1) is 15.3. The largest absolute Gasteiger partial charge is 0.497 e. The first-order valence-corrected chi connectivity index (χ1v) is 7.31. The van der Waals surface area contributed by atoms with Crippen molar-refractivity contribution in [2.45, 2.75) is 57.2 Å². The van der Waals surface area contributed by atoms with Gasteiger partial charge >= 0.3 is 0 Å². The normalized spacial score (nSPS) is 22.4. The summed E-state index contributed by atoms with van der Waals surface area (Å²) in [5.41, 5.74) is 1.76. The van der Waals surface area contributed by atoms with Crippen LogP contribution in [0.3, 0.4) is 0 Å². The highest BCUT2D eigenvalue weighted by atomic mass is 16.5. The van der Waals surface area contributed by atoms with Gasteiger partial charge in [-0.3, -0.25) is 0 Å². The molecule has 0 radical (unpaired) electrons. The van der Waals surface area contributed by atoms with Crippen molar-refractivity contribution in [3.63, 3.8) is 0 Å². The van der Waals surface area contributed by atoms with E-state index in [9.17, 15) is 5.11 Å². The molecular weight excluding hydrogens is 252 g/mol. The quantitative estimate of drug-likeness (QED) is 0.899. The Morgan fingerprint density at radius 3 is 2.65 bits per heavy atom. The van der Waals surface area contributed by atoms with Crippen LogP contribution in [0.2, 0.25) is 0 Å². The molecule has 3 nitrogen and oxygen atoms in total. The second-order valence-corrected chi connectivity index (χ2v) is 6.50. The lowest BCUT2D eigenvalue weighted by atomic mass is 9.76. The van der Waals surface area contributed by atoms with E-state index < -0.39 is 5.60 Å². The first-order chi connectivity index (χ1) is 9.37. The number of hydrogen-bond donors (Lipinski definition) is 1. The predicted octanol–water partition coefficient (Wildman–Crippen LogP) is 3.12. The van der Waals surface area contributed by atoms with Gasteiger partial charge in [0, 0.05) is 13.5 Å². The van der Waals surface area contributed by atoms with E-state index in [0.29, 0.717) is 6.42 Å². The Kier molecular flexibility index (Phi) is 4.40. The van der Waals surface area contributed by atoms with E-state index in [1.807, 2.05) is 6.07 Å². The summed E-state index contributed by atoms with van der Waals surface area (Å²) in [6.07, 6.45) is 4.10. The minimum Gasteiger partial charge on any atom is -0.497 e. The molecule has 1 unspecified atom stereocenters. The van der Waals surface area contributed by atoms with Crippen LogP contribution >= 0.6 is 0 Å². The highest BCUT2D eigenvalue weighted by Gasteiger charge is 2.34. The van der Waals surface area contributed by atoms with E-state index in [-0.39, 0.29) is 5.60 Å². The van der Waals surface area contributed by atoms with Gasteiger partial charge in [-0.25, -0.2) is 0 Å². The number of ether oxygens (including phenoxy) is 2. The van der Waals surface area contributed by atoms with Crippen molar-refractivity contribution in [3.05, 3.63) is 29.3 Å². The smallest absolute Gasteiger partial charge is 0.119 e. The van der Waals surface area contributed by atoms with Crippen molar-refractivity contribution >= 4 is 0 Å². The highest BCUT2D eigenvalue weighted by molar-refractivity contribution is 5.38. The molecule has 0 heterocycles. The van der Waals surface area contributed by atoms with Gasteiger partial charge in [-0.15, -0.1) is 0 Å². The van der Waals surface area contributed by atoms with E-state index in [2.05, 4.69) is 26.0 Å². The van der Waals surface area contributed by atoms with Gasteiger partial charge in [0.2, 0.25) is 0 Å². The van der Waals surface area contributed by atoms with Gasteiger partial charge in [0.25, 0.3) is 0 Å². The third-order valence-electron chi connectivity index (χ3n) is 4.54. The predicted molar refractivity (Wildman–Crippen MR) is 80.3 cm³/mol. The number of rotatable bonds is 5. The van der Waals surface area contributed by atoms with Crippen molar-refractivity contribution in [3.8, 4) is 5.75 Å². The Balaban J connectivity index is 2.08. The number of benzene rings is 1. The number of aliphatic hydroxyl groups is 1. The zero-order chi connectivity index (χ0) is 14.8. The van der Waals surface area contributed by atoms with E-state index in [1.165, 1.54) is 11.1 Å². The summed E-state index contributed by atoms with van der Waals surface area (Å²) < 4.78 is 10.7. The average Bonchev–Trinajstić information content (AvgIpc) is 2.44. The number of hydrogen-bond acceptors (Lipinski definition) is 3. The molecule has 0 saturated heterocycles. The maximum Gasteiger partial charge on any atom is 0.119 e. The van der Waals surface area contributed by atoms with Crippen molar-refractivity contribution in [1.82, 2.24) is 0 Å². The van der Waals surface area contributed by atoms with Gasteiger partial charge < -0.3 is 14.6 Å². The summed E-state index contributed by atoms with van der Waals surface area (Å²) in [6.45, 7) is 4.13. The van der Waals surface area contributed by atoms with E-state index in [0.717, 1.165) is 31.4 Å². The molecule has 0 spiro atoms. The third-order valence-corrected chi connectivity index (χ3v) is 4.54. The zero-order valence-corrected chi connectivity index (χ0v) is 13.0. The van der Waals surface area contributed by atoms with Gasteiger partial charge in [0.1, 0.15) is 5.75 Å². The molecule has 1 aromatic carbocycles. The molecular formula is C17H26O3. The van der Waals surface area contributed by atoms with Gasteiger partial charge in [-0.2, -0.15) is 0 Å². The molecule has 0 amide bonds. The van der Waals surface area contributed by atoms with Crippen LogP contribution in [-0.2, 0) is 17.6 Å². The molecule has 20 heavy (non-hydrogen) atoms. The van der Waals surface area contributed by atoms with Gasteiger partial charge in [-0.05, 0) is 62.8 Å². The molecule has 2 rings (SSSR count). The van der Waals surface area contributed by atoms with Crippen LogP contribution in [0, 0.1) is 0 Å². The summed E-state index contributed by atoms with van der Waals surface area (Å²) in [4.78, 5) is 0. The molecule has 3 heteroatoms. The van der Waals surface area contributed by atoms with Crippen LogP contribution in [0.15, 0.2) is 18.2 Å². The fourth-order valence-corrected chi connectivity index (χ4v) is 2.80. The SMILES string of the molecule is COc1ccc2c(c1)CC(O)(CCC(C)(C)OC)CC2. The number of aryl methyl sites for hydroxylation is 1. The van der Waals surface area contributed by atoms with E-state index >= 15 is 0 Å². The van der Waals surface area contributed by atoms with Crippen molar-refractivity contribution in [1.29, 1.82) is 0 Å². The monoisotopic (exact) mass is 278 g/mol. The first-order valence-electron chi connectivity index (χ1n) is 7.31. The van der Waals surface area contributed by atoms with Gasteiger partial charge in [0.05, 0.1) is 18.3 Å². The minimum absolute atomic E-state index is 0.176. The summed E-state index contributed by atoms with van der Waals surface area (Å²) in [6, 6.07) is 6.17. The maximum absolute atomic E-state index is 10.8. The Morgan fingerprint density at radius 2 is 2.00 bits per heavy atom. The van der Waals surface area contributed by atoms with Crippen molar-refractivity contribution < 1.29 is 14.6 Å². The molecule has 0 aromatic heterocycles. The minimum atomic E-state index is -0.616. The molecule has 1 aromatic rings. The van der Waals surface area contributed by atoms with Crippen molar-refractivity contribution in [2.75, 3.05) is 14.2 Å². The fourth-order valence-electron chi connectivity index (χ4n) is 2.80. The molecule has 0 fully saturated rings. The number of fused-ring (bicyclic) bond motifs is 1. The molecule has 112 valence electrons. The zero-order valence-electron chi connectivity index (χ0n) is 13.0. The van der Waals surface area contributed by atoms with Crippen LogP contribution in [0.4, 0.5) is 0 Å². The molecule has 0 saturated carbocycles. The second kappa shape index (κ2) is 5.74. The highest BCUT2D eigenvalue weighted by Crippen LogP contribution is 2.35. The lowest BCUT2D eigenvalue weighted by molar-refractivity contribution is -0.0319. The second-order valence-electron chi connectivity index (χ2n) is 6.50. The van der Waals surface area contributed by atoms with E-state index in [1.54, 1.807) is 14.2 Å². The summed E-state index contributed by atoms with van der Waals surface area (Å²) >= 11 is 0. The van der Waals surface area contributed by atoms with Crippen LogP contribution in [0.5, 0.6) is 5.75 Å². The molecule has 1 N–H and O–H groups in total. The maximum atomic E-state index is 10.8. The molecule has 1 aliphatic carbocycles. The van der Waals surface area contributed by atoms with Crippen molar-refractivity contribution in [2.24, 2.45) is 0 Å². The average molecular weight is 278 g/mol. The lowest BCUT2D eigenvalue weighted by Gasteiger charge is -2.36. The van der Waals surface area contributed by atoms with Crippen LogP contribution in [0.1, 0.15) is 44.2 Å². The molecule has 0 bridgehead atoms. The Labute approximate surface area is 121 Å². The van der Waals surface area contributed by atoms with Crippen LogP contribution in [0.25, 0.3) is 0 Å². The molecule has 1 aliphatic rings. The summed E-state index contributed by atoms with van der Waals surface area (Å²) in [5, 5.41) is 10.8. The Morgan fingerprint density at radius 1 is 1.25 bits per heavy atom. The third kappa shape index (κ3) is 3.53. The van der Waals surface area contributed by atoms with Crippen LogP contribution < -0.4 is 4.74 Å². The van der Waals surface area contributed by atoms with Gasteiger partial charge in [0.15, 0.2) is 0 Å². The summed E-state index contributed by atoms with van der Waals surface area (Å²) in [7, 11) is 3.41. The Bertz CT molecular complexity index is 467. The van der Waals surface area contributed by atoms with Gasteiger partial charge in [-0.1, -0.05) is 6.07 Å². The molecule has 0 aliphatic heterocycles. The molecule has 1 atom stereocenters. The number of methoxy groups -OCH3 is 2. The lowest BCUT2D eigenvalue weighted by Crippen LogP contribution is -2.38. The van der Waals surface area contributed by atoms with E-state index in [4.69, 9.17) is 9.47 Å². The Hall–Kier alpha value is -1.06. The standard InChI is InChI=1S/C17H26O3/c1-16(2,20-4)9-10-17(18)8-7-13-5-6-15(19-3)11-14(13)12-17/h5-6,11,18H,7-10,12H2,1-4H3. The van der Waals surface area contributed by atoms with Crippen LogP contribution in [-0.4, -0.2) is 30.5 Å².